The molecule has 0 spiro atoms. The molecule has 186 valence electrons. The third kappa shape index (κ3) is 6.28. The number of amides is 2. The molecule has 5 N–H and O–H groups in total. The monoisotopic (exact) mass is 486 g/mol. The summed E-state index contributed by atoms with van der Waals surface area (Å²) in [4.78, 5) is 39.2. The van der Waals surface area contributed by atoms with Gasteiger partial charge in [-0.2, -0.15) is 0 Å². The molecule has 0 aliphatic carbocycles. The number of carbonyl (C=O) groups is 3. The lowest BCUT2D eigenvalue weighted by Crippen LogP contribution is -2.42. The van der Waals surface area contributed by atoms with Crippen LogP contribution in [0.15, 0.2) is 72.8 Å². The van der Waals surface area contributed by atoms with Crippen molar-refractivity contribution < 1.29 is 19.5 Å². The Kier molecular flexibility index (Phi) is 7.97. The number of nitrogens with two attached hydrogens (primary N) is 1. The molecule has 0 radical (unpaired) electrons. The Morgan fingerprint density at radius 3 is 2.42 bits per heavy atom. The van der Waals surface area contributed by atoms with Crippen molar-refractivity contribution in [3.63, 3.8) is 0 Å². The molecule has 1 aliphatic heterocycles. The van der Waals surface area contributed by atoms with Crippen molar-refractivity contribution in [1.29, 1.82) is 0 Å². The van der Waals surface area contributed by atoms with Gasteiger partial charge in [-0.3, -0.25) is 14.4 Å². The number of carbonyl (C=O) groups excluding carboxylic acids is 2. The maximum atomic E-state index is 13.2. The molecular weight excluding hydrogens is 456 g/mol. The number of nitrogens with zero attached hydrogens (tertiary/aromatic N) is 1. The van der Waals surface area contributed by atoms with Crippen LogP contribution in [0.4, 0.5) is 5.69 Å². The minimum atomic E-state index is -1.07. The van der Waals surface area contributed by atoms with E-state index in [0.29, 0.717) is 43.9 Å². The van der Waals surface area contributed by atoms with Crippen LogP contribution in [0, 0.1) is 0 Å². The molecular formula is C28H30N4O4. The molecule has 1 aliphatic rings. The summed E-state index contributed by atoms with van der Waals surface area (Å²) in [7, 11) is 0. The lowest BCUT2D eigenvalue weighted by molar-refractivity contribution is -0.141. The first-order chi connectivity index (χ1) is 17.4. The van der Waals surface area contributed by atoms with Gasteiger partial charge < -0.3 is 26.4 Å². The summed E-state index contributed by atoms with van der Waals surface area (Å²) in [6.07, 6.45) is 0.309. The van der Waals surface area contributed by atoms with E-state index in [9.17, 15) is 19.5 Å². The molecule has 0 fully saturated rings. The second-order valence-corrected chi connectivity index (χ2v) is 8.87. The lowest BCUT2D eigenvalue weighted by Gasteiger charge is -2.24. The Balaban J connectivity index is 1.49. The minimum Gasteiger partial charge on any atom is -0.481 e. The van der Waals surface area contributed by atoms with Crippen LogP contribution in [0.25, 0.3) is 0 Å². The molecule has 1 heterocycles. The SMILES string of the molecule is NCc1ccc(CNC(=O)c2ccc3c(c2)N[C@H](CC(=O)O)C(=O)N(CCc2ccccc2)C3)cc1. The summed E-state index contributed by atoms with van der Waals surface area (Å²) < 4.78 is 0. The van der Waals surface area contributed by atoms with Gasteiger partial charge in [0.2, 0.25) is 5.91 Å². The van der Waals surface area contributed by atoms with Gasteiger partial charge in [0.05, 0.1) is 6.42 Å². The quantitative estimate of drug-likeness (QED) is 0.369. The Labute approximate surface area is 210 Å². The van der Waals surface area contributed by atoms with Gasteiger partial charge in [0.25, 0.3) is 5.91 Å². The van der Waals surface area contributed by atoms with E-state index in [1.165, 1.54) is 0 Å². The van der Waals surface area contributed by atoms with Gasteiger partial charge in [-0.15, -0.1) is 0 Å². The van der Waals surface area contributed by atoms with Crippen LogP contribution < -0.4 is 16.4 Å². The lowest BCUT2D eigenvalue weighted by atomic mass is 10.1. The van der Waals surface area contributed by atoms with E-state index >= 15 is 0 Å². The van der Waals surface area contributed by atoms with Gasteiger partial charge >= 0.3 is 5.97 Å². The first kappa shape index (κ1) is 24.9. The summed E-state index contributed by atoms with van der Waals surface area (Å²) in [5, 5.41) is 15.4. The number of anilines is 1. The topological polar surface area (TPSA) is 125 Å². The van der Waals surface area contributed by atoms with Crippen LogP contribution >= 0.6 is 0 Å². The van der Waals surface area contributed by atoms with Gasteiger partial charge in [0.1, 0.15) is 6.04 Å². The summed E-state index contributed by atoms with van der Waals surface area (Å²) in [6.45, 7) is 1.62. The third-order valence-electron chi connectivity index (χ3n) is 6.28. The molecule has 1 atom stereocenters. The largest absolute Gasteiger partial charge is 0.481 e. The van der Waals surface area contributed by atoms with Gasteiger partial charge in [-0.1, -0.05) is 60.7 Å². The highest BCUT2D eigenvalue weighted by Gasteiger charge is 2.31. The Morgan fingerprint density at radius 2 is 1.72 bits per heavy atom. The van der Waals surface area contributed by atoms with E-state index in [-0.39, 0.29) is 18.2 Å². The molecule has 2 amide bonds. The highest BCUT2D eigenvalue weighted by Crippen LogP contribution is 2.26. The number of aliphatic carboxylic acids is 1. The summed E-state index contributed by atoms with van der Waals surface area (Å²) in [5.41, 5.74) is 10.6. The third-order valence-corrected chi connectivity index (χ3v) is 6.28. The van der Waals surface area contributed by atoms with Crippen LogP contribution in [0.5, 0.6) is 0 Å². The van der Waals surface area contributed by atoms with Gasteiger partial charge in [-0.25, -0.2) is 0 Å². The predicted molar refractivity (Wildman–Crippen MR) is 137 cm³/mol. The molecule has 0 unspecified atom stereocenters. The zero-order valence-electron chi connectivity index (χ0n) is 19.9. The van der Waals surface area contributed by atoms with Crippen LogP contribution in [-0.4, -0.2) is 40.4 Å². The first-order valence-electron chi connectivity index (χ1n) is 11.9. The summed E-state index contributed by atoms with van der Waals surface area (Å²) >= 11 is 0. The number of fused-ring (bicyclic) bond motifs is 1. The molecule has 0 saturated carbocycles. The van der Waals surface area contributed by atoms with Crippen molar-refractivity contribution in [2.75, 3.05) is 11.9 Å². The van der Waals surface area contributed by atoms with Crippen LogP contribution in [-0.2, 0) is 35.6 Å². The van der Waals surface area contributed by atoms with Gasteiger partial charge in [-0.05, 0) is 40.8 Å². The molecule has 4 rings (SSSR count). The molecule has 0 aromatic heterocycles. The number of rotatable bonds is 9. The van der Waals surface area contributed by atoms with Crippen molar-refractivity contribution >= 4 is 23.5 Å². The molecule has 36 heavy (non-hydrogen) atoms. The Bertz CT molecular complexity index is 1230. The van der Waals surface area contributed by atoms with E-state index in [4.69, 9.17) is 5.73 Å². The highest BCUT2D eigenvalue weighted by atomic mass is 16.4. The Morgan fingerprint density at radius 1 is 1.00 bits per heavy atom. The predicted octanol–water partition coefficient (Wildman–Crippen LogP) is 2.92. The first-order valence-corrected chi connectivity index (χ1v) is 11.9. The van der Waals surface area contributed by atoms with Crippen LogP contribution in [0.2, 0.25) is 0 Å². The van der Waals surface area contributed by atoms with E-state index in [0.717, 1.165) is 22.3 Å². The van der Waals surface area contributed by atoms with Crippen molar-refractivity contribution in [2.24, 2.45) is 5.73 Å². The second-order valence-electron chi connectivity index (χ2n) is 8.87. The van der Waals surface area contributed by atoms with Gasteiger partial charge in [0.15, 0.2) is 0 Å². The number of hydrogen-bond donors (Lipinski definition) is 4. The average Bonchev–Trinajstić information content (AvgIpc) is 3.02. The minimum absolute atomic E-state index is 0.256. The van der Waals surface area contributed by atoms with E-state index < -0.39 is 12.0 Å². The number of nitrogens with one attached hydrogen (secondary N) is 2. The molecule has 8 nitrogen and oxygen atoms in total. The number of benzene rings is 3. The normalized spacial score (nSPS) is 15.0. The van der Waals surface area contributed by atoms with Gasteiger partial charge in [0, 0.05) is 37.4 Å². The summed E-state index contributed by atoms with van der Waals surface area (Å²) in [5.74, 6) is -1.59. The maximum Gasteiger partial charge on any atom is 0.305 e. The van der Waals surface area contributed by atoms with Crippen molar-refractivity contribution in [1.82, 2.24) is 10.2 Å². The molecule has 3 aromatic rings. The number of hydrogen-bond acceptors (Lipinski definition) is 5. The van der Waals surface area contributed by atoms with Crippen LogP contribution in [0.1, 0.15) is 39.0 Å². The van der Waals surface area contributed by atoms with Crippen molar-refractivity contribution in [3.05, 3.63) is 101 Å². The maximum absolute atomic E-state index is 13.2. The zero-order valence-corrected chi connectivity index (χ0v) is 19.9. The van der Waals surface area contributed by atoms with E-state index in [1.54, 1.807) is 17.0 Å². The number of carboxylic acid groups (broad SMARTS) is 1. The highest BCUT2D eigenvalue weighted by molar-refractivity contribution is 5.96. The van der Waals surface area contributed by atoms with E-state index in [2.05, 4.69) is 10.6 Å². The average molecular weight is 487 g/mol. The molecule has 8 heteroatoms. The summed E-state index contributed by atoms with van der Waals surface area (Å²) in [6, 6.07) is 21.9. The van der Waals surface area contributed by atoms with Crippen molar-refractivity contribution in [2.45, 2.75) is 38.5 Å². The molecule has 0 saturated heterocycles. The second kappa shape index (κ2) is 11.5. The smallest absolute Gasteiger partial charge is 0.305 e. The van der Waals surface area contributed by atoms with Crippen LogP contribution in [0.3, 0.4) is 0 Å². The fourth-order valence-electron chi connectivity index (χ4n) is 4.23. The van der Waals surface area contributed by atoms with Crippen molar-refractivity contribution in [3.8, 4) is 0 Å². The Hall–Kier alpha value is -4.17. The standard InChI is InChI=1S/C28H30N4O4/c29-16-20-6-8-21(9-7-20)17-30-27(35)22-10-11-23-18-32(13-12-19-4-2-1-3-5-19)28(36)25(15-26(33)34)31-24(23)14-22/h1-11,14,25,31H,12-13,15-18,29H2,(H,30,35)(H,33,34)/t25-/m1/s1. The van der Waals surface area contributed by atoms with E-state index in [1.807, 2.05) is 60.7 Å². The fraction of sp³-hybridized carbons (Fsp3) is 0.250. The molecule has 3 aromatic carbocycles. The molecule has 0 bridgehead atoms. The zero-order chi connectivity index (χ0) is 25.5. The number of carboxylic acids is 1. The fourth-order valence-corrected chi connectivity index (χ4v) is 4.23.